The van der Waals surface area contributed by atoms with Crippen molar-refractivity contribution in [1.82, 2.24) is 15.2 Å². The average molecular weight is 327 g/mol. The molecule has 0 saturated carbocycles. The third-order valence-corrected chi connectivity index (χ3v) is 3.92. The molecule has 0 saturated heterocycles. The van der Waals surface area contributed by atoms with E-state index in [1.807, 2.05) is 30.3 Å². The van der Waals surface area contributed by atoms with Crippen molar-refractivity contribution in [2.45, 2.75) is 10.8 Å². The first-order chi connectivity index (χ1) is 11.3. The molecule has 0 aliphatic carbocycles. The van der Waals surface area contributed by atoms with E-state index >= 15 is 0 Å². The molecule has 0 aromatic carbocycles. The van der Waals surface area contributed by atoms with Gasteiger partial charge >= 0.3 is 5.97 Å². The molecule has 0 aliphatic heterocycles. The number of carbonyl (C=O) groups excluding carboxylic acids is 1. The summed E-state index contributed by atoms with van der Waals surface area (Å²) in [4.78, 5) is 15.6. The van der Waals surface area contributed by atoms with Crippen LogP contribution in [-0.2, 0) is 10.5 Å². The summed E-state index contributed by atoms with van der Waals surface area (Å²) in [6.45, 7) is 0. The van der Waals surface area contributed by atoms with Crippen molar-refractivity contribution in [2.75, 3.05) is 7.11 Å². The Labute approximate surface area is 136 Å². The van der Waals surface area contributed by atoms with Crippen molar-refractivity contribution >= 4 is 17.7 Å². The van der Waals surface area contributed by atoms with E-state index in [9.17, 15) is 4.79 Å². The Morgan fingerprint density at radius 1 is 1.13 bits per heavy atom. The normalized spacial score (nSPS) is 10.5. The number of furan rings is 1. The highest BCUT2D eigenvalue weighted by Gasteiger charge is 2.11. The molecule has 0 spiro atoms. The Morgan fingerprint density at radius 3 is 2.74 bits per heavy atom. The standard InChI is InChI=1S/C16H13N3O3S/c1-21-16(20)14-7-5-11(22-14)10-23-15-8-6-13(18-19-15)12-4-2-3-9-17-12/h2-9H,10H2,1H3. The van der Waals surface area contributed by atoms with Crippen LogP contribution in [0.1, 0.15) is 16.3 Å². The number of carbonyl (C=O) groups is 1. The minimum absolute atomic E-state index is 0.194. The smallest absolute Gasteiger partial charge is 0.373 e. The minimum atomic E-state index is -0.485. The van der Waals surface area contributed by atoms with E-state index in [-0.39, 0.29) is 5.76 Å². The number of thioether (sulfide) groups is 1. The summed E-state index contributed by atoms with van der Waals surface area (Å²) < 4.78 is 10.00. The molecule has 0 atom stereocenters. The Bertz CT molecular complexity index is 788. The summed E-state index contributed by atoms with van der Waals surface area (Å²) in [5.74, 6) is 0.931. The van der Waals surface area contributed by atoms with E-state index in [1.165, 1.54) is 18.9 Å². The largest absolute Gasteiger partial charge is 0.463 e. The van der Waals surface area contributed by atoms with Gasteiger partial charge in [-0.05, 0) is 36.4 Å². The highest BCUT2D eigenvalue weighted by molar-refractivity contribution is 7.98. The molecule has 3 rings (SSSR count). The van der Waals surface area contributed by atoms with Gasteiger partial charge in [0.05, 0.1) is 18.6 Å². The number of aromatic nitrogens is 3. The lowest BCUT2D eigenvalue weighted by Gasteiger charge is -2.01. The molecule has 3 aromatic rings. The van der Waals surface area contributed by atoms with Gasteiger partial charge in [-0.25, -0.2) is 4.79 Å². The van der Waals surface area contributed by atoms with Crippen molar-refractivity contribution in [3.8, 4) is 11.4 Å². The first-order valence-corrected chi connectivity index (χ1v) is 7.80. The number of rotatable bonds is 5. The second-order valence-electron chi connectivity index (χ2n) is 4.52. The average Bonchev–Trinajstić information content (AvgIpc) is 3.09. The summed E-state index contributed by atoms with van der Waals surface area (Å²) in [5, 5.41) is 9.10. The number of methoxy groups -OCH3 is 1. The quantitative estimate of drug-likeness (QED) is 0.526. The Hall–Kier alpha value is -2.67. The maximum absolute atomic E-state index is 11.3. The van der Waals surface area contributed by atoms with Crippen LogP contribution in [0.4, 0.5) is 0 Å². The van der Waals surface area contributed by atoms with E-state index in [0.717, 1.165) is 16.4 Å². The van der Waals surface area contributed by atoms with Crippen molar-refractivity contribution in [1.29, 1.82) is 0 Å². The number of esters is 1. The van der Waals surface area contributed by atoms with Crippen LogP contribution in [-0.4, -0.2) is 28.3 Å². The summed E-state index contributed by atoms with van der Waals surface area (Å²) in [5.41, 5.74) is 1.51. The van der Waals surface area contributed by atoms with Gasteiger partial charge in [-0.2, -0.15) is 0 Å². The molecule has 7 heteroatoms. The molecule has 0 radical (unpaired) electrons. The second-order valence-corrected chi connectivity index (χ2v) is 5.51. The third-order valence-electron chi connectivity index (χ3n) is 2.98. The maximum atomic E-state index is 11.3. The molecular weight excluding hydrogens is 314 g/mol. The van der Waals surface area contributed by atoms with Gasteiger partial charge in [0.2, 0.25) is 5.76 Å². The Morgan fingerprint density at radius 2 is 2.04 bits per heavy atom. The molecule has 3 heterocycles. The Kier molecular flexibility index (Phi) is 4.68. The van der Waals surface area contributed by atoms with Crippen LogP contribution in [0, 0.1) is 0 Å². The van der Waals surface area contributed by atoms with Crippen LogP contribution in [0.2, 0.25) is 0 Å². The van der Waals surface area contributed by atoms with Gasteiger partial charge in [0.1, 0.15) is 16.5 Å². The molecule has 0 N–H and O–H groups in total. The molecule has 0 amide bonds. The van der Waals surface area contributed by atoms with Gasteiger partial charge < -0.3 is 9.15 Å². The molecule has 23 heavy (non-hydrogen) atoms. The number of ether oxygens (including phenoxy) is 1. The van der Waals surface area contributed by atoms with Crippen molar-refractivity contribution in [2.24, 2.45) is 0 Å². The van der Waals surface area contributed by atoms with E-state index in [4.69, 9.17) is 4.42 Å². The minimum Gasteiger partial charge on any atom is -0.463 e. The highest BCUT2D eigenvalue weighted by Crippen LogP contribution is 2.23. The predicted molar refractivity (Wildman–Crippen MR) is 84.9 cm³/mol. The summed E-state index contributed by atoms with van der Waals surface area (Å²) in [6, 6.07) is 12.7. The number of hydrogen-bond donors (Lipinski definition) is 0. The van der Waals surface area contributed by atoms with Crippen molar-refractivity contribution in [3.63, 3.8) is 0 Å². The van der Waals surface area contributed by atoms with Gasteiger partial charge in [-0.3, -0.25) is 4.98 Å². The number of nitrogens with zero attached hydrogens (tertiary/aromatic N) is 3. The van der Waals surface area contributed by atoms with Crippen LogP contribution in [0.5, 0.6) is 0 Å². The molecule has 0 fully saturated rings. The van der Waals surface area contributed by atoms with Gasteiger partial charge in [0.25, 0.3) is 0 Å². The Balaban J connectivity index is 1.63. The van der Waals surface area contributed by atoms with E-state index in [1.54, 1.807) is 18.3 Å². The molecular formula is C16H13N3O3S. The van der Waals surface area contributed by atoms with Crippen LogP contribution >= 0.6 is 11.8 Å². The molecule has 0 unspecified atom stereocenters. The first kappa shape index (κ1) is 15.2. The second kappa shape index (κ2) is 7.06. The predicted octanol–water partition coefficient (Wildman–Crippen LogP) is 3.21. The maximum Gasteiger partial charge on any atom is 0.373 e. The lowest BCUT2D eigenvalue weighted by Crippen LogP contribution is -1.98. The number of hydrogen-bond acceptors (Lipinski definition) is 7. The van der Waals surface area contributed by atoms with Gasteiger partial charge in [0.15, 0.2) is 0 Å². The SMILES string of the molecule is COC(=O)c1ccc(CSc2ccc(-c3ccccn3)nn2)o1. The zero-order valence-corrected chi connectivity index (χ0v) is 13.1. The summed E-state index contributed by atoms with van der Waals surface area (Å²) in [6.07, 6.45) is 1.72. The van der Waals surface area contributed by atoms with Crippen LogP contribution < -0.4 is 0 Å². The lowest BCUT2D eigenvalue weighted by atomic mass is 10.2. The van der Waals surface area contributed by atoms with E-state index in [0.29, 0.717) is 11.5 Å². The summed E-state index contributed by atoms with van der Waals surface area (Å²) in [7, 11) is 1.32. The third kappa shape index (κ3) is 3.75. The van der Waals surface area contributed by atoms with Crippen LogP contribution in [0.3, 0.4) is 0 Å². The monoisotopic (exact) mass is 327 g/mol. The van der Waals surface area contributed by atoms with Gasteiger partial charge in [-0.15, -0.1) is 10.2 Å². The van der Waals surface area contributed by atoms with Crippen molar-refractivity contribution < 1.29 is 13.9 Å². The zero-order valence-electron chi connectivity index (χ0n) is 12.3. The van der Waals surface area contributed by atoms with Crippen LogP contribution in [0.25, 0.3) is 11.4 Å². The molecule has 0 aliphatic rings. The van der Waals surface area contributed by atoms with Gasteiger partial charge in [-0.1, -0.05) is 17.8 Å². The summed E-state index contributed by atoms with van der Waals surface area (Å²) >= 11 is 1.47. The zero-order chi connectivity index (χ0) is 16.1. The van der Waals surface area contributed by atoms with E-state index < -0.39 is 5.97 Å². The van der Waals surface area contributed by atoms with Crippen molar-refractivity contribution in [3.05, 3.63) is 60.2 Å². The molecule has 3 aromatic heterocycles. The topological polar surface area (TPSA) is 78.1 Å². The van der Waals surface area contributed by atoms with Crippen LogP contribution in [0.15, 0.2) is 58.1 Å². The van der Waals surface area contributed by atoms with Gasteiger partial charge in [0, 0.05) is 6.20 Å². The molecule has 6 nitrogen and oxygen atoms in total. The first-order valence-electron chi connectivity index (χ1n) is 6.81. The highest BCUT2D eigenvalue weighted by atomic mass is 32.2. The fourth-order valence-corrected chi connectivity index (χ4v) is 2.57. The van der Waals surface area contributed by atoms with E-state index in [2.05, 4.69) is 19.9 Å². The number of pyridine rings is 1. The molecule has 116 valence electrons. The fraction of sp³-hybridized carbons (Fsp3) is 0.125. The fourth-order valence-electron chi connectivity index (χ4n) is 1.86. The lowest BCUT2D eigenvalue weighted by molar-refractivity contribution is 0.0563. The molecule has 0 bridgehead atoms.